The minimum Gasteiger partial charge on any atom is -0.330 e. The quantitative estimate of drug-likeness (QED) is 0.545. The zero-order chi connectivity index (χ0) is 21.0. The number of alkyl halides is 3. The number of nitrogens with zero attached hydrogens (tertiary/aromatic N) is 4. The van der Waals surface area contributed by atoms with Gasteiger partial charge in [0.05, 0.1) is 5.56 Å². The molecule has 3 rings (SSSR count). The van der Waals surface area contributed by atoms with Crippen LogP contribution in [0.1, 0.15) is 42.8 Å². The molecule has 7 nitrogen and oxygen atoms in total. The molecule has 0 saturated heterocycles. The molecule has 2 aromatic heterocycles. The number of benzene rings is 1. The van der Waals surface area contributed by atoms with Crippen molar-refractivity contribution in [2.24, 2.45) is 5.73 Å². The molecule has 2 heterocycles. The van der Waals surface area contributed by atoms with E-state index >= 15 is 0 Å². The molecule has 154 valence electrons. The summed E-state index contributed by atoms with van der Waals surface area (Å²) in [4.78, 5) is 12.9. The maximum absolute atomic E-state index is 13.5. The van der Waals surface area contributed by atoms with Crippen LogP contribution in [0.4, 0.5) is 24.9 Å². The molecule has 0 amide bonds. The molecule has 1 unspecified atom stereocenters. The number of halogens is 3. The largest absolute Gasteiger partial charge is 0.417 e. The van der Waals surface area contributed by atoms with Crippen LogP contribution in [-0.2, 0) is 6.18 Å². The van der Waals surface area contributed by atoms with E-state index in [0.717, 1.165) is 12.5 Å². The molecule has 0 aliphatic rings. The number of H-pyrrole nitrogens is 1. The lowest BCUT2D eigenvalue weighted by Crippen LogP contribution is -2.12. The summed E-state index contributed by atoms with van der Waals surface area (Å²) >= 11 is 0. The highest BCUT2D eigenvalue weighted by Crippen LogP contribution is 2.37. The van der Waals surface area contributed by atoms with Crippen molar-refractivity contribution in [1.82, 2.24) is 25.1 Å². The van der Waals surface area contributed by atoms with Gasteiger partial charge in [0.2, 0.25) is 5.95 Å². The Morgan fingerprint density at radius 1 is 1.17 bits per heavy atom. The molecule has 10 heteroatoms. The Morgan fingerprint density at radius 2 is 1.93 bits per heavy atom. The number of hydrogen-bond donors (Lipinski definition) is 3. The second-order valence-electron chi connectivity index (χ2n) is 6.60. The van der Waals surface area contributed by atoms with Crippen molar-refractivity contribution in [3.63, 3.8) is 0 Å². The third kappa shape index (κ3) is 4.89. The Morgan fingerprint density at radius 3 is 2.55 bits per heavy atom. The molecule has 0 aliphatic carbocycles. The number of nitrogens with two attached hydrogens (primary N) is 1. The fourth-order valence-corrected chi connectivity index (χ4v) is 3.06. The van der Waals surface area contributed by atoms with E-state index in [4.69, 9.17) is 5.73 Å². The van der Waals surface area contributed by atoms with Crippen molar-refractivity contribution in [1.29, 1.82) is 0 Å². The predicted octanol–water partition coefficient (Wildman–Crippen LogP) is 4.17. The summed E-state index contributed by atoms with van der Waals surface area (Å²) in [6.07, 6.45) is -3.12. The highest BCUT2D eigenvalue weighted by Gasteiger charge is 2.34. The van der Waals surface area contributed by atoms with E-state index in [9.17, 15) is 13.2 Å². The molecular formula is C19H22F3N7. The zero-order valence-corrected chi connectivity index (χ0v) is 16.1. The summed E-state index contributed by atoms with van der Waals surface area (Å²) in [7, 11) is 0. The Labute approximate surface area is 166 Å². The lowest BCUT2D eigenvalue weighted by molar-refractivity contribution is -0.137. The first kappa shape index (κ1) is 20.7. The third-order valence-electron chi connectivity index (χ3n) is 4.48. The third-order valence-corrected chi connectivity index (χ3v) is 4.48. The van der Waals surface area contributed by atoms with E-state index in [0.29, 0.717) is 30.3 Å². The first-order chi connectivity index (χ1) is 13.8. The van der Waals surface area contributed by atoms with E-state index < -0.39 is 11.7 Å². The molecule has 0 aliphatic heterocycles. The van der Waals surface area contributed by atoms with Crippen LogP contribution in [0.25, 0.3) is 11.4 Å². The van der Waals surface area contributed by atoms with Crippen molar-refractivity contribution in [3.05, 3.63) is 47.4 Å². The minimum atomic E-state index is -4.52. The van der Waals surface area contributed by atoms with Gasteiger partial charge in [0.1, 0.15) is 11.6 Å². The summed E-state index contributed by atoms with van der Waals surface area (Å²) in [5.41, 5.74) is 5.45. The summed E-state index contributed by atoms with van der Waals surface area (Å²) in [6, 6.07) is 6.97. The summed E-state index contributed by atoms with van der Waals surface area (Å²) in [6.45, 7) is 4.17. The zero-order valence-electron chi connectivity index (χ0n) is 16.1. The molecule has 0 saturated carbocycles. The van der Waals surface area contributed by atoms with Crippen molar-refractivity contribution in [3.8, 4) is 11.4 Å². The summed E-state index contributed by atoms with van der Waals surface area (Å²) < 4.78 is 40.6. The minimum absolute atomic E-state index is 0.00534. The molecule has 4 N–H and O–H groups in total. The van der Waals surface area contributed by atoms with Gasteiger partial charge in [0.15, 0.2) is 5.82 Å². The molecular weight excluding hydrogens is 383 g/mol. The van der Waals surface area contributed by atoms with Gasteiger partial charge in [0.25, 0.3) is 0 Å². The monoisotopic (exact) mass is 405 g/mol. The average molecular weight is 405 g/mol. The lowest BCUT2D eigenvalue weighted by atomic mass is 9.97. The SMILES string of the molecule is CCC(CCN)c1cc(Nc2n[nH]c(C)n2)nc(-c2ccccc2C(F)(F)F)n1. The van der Waals surface area contributed by atoms with Crippen LogP contribution in [0.3, 0.4) is 0 Å². The second-order valence-corrected chi connectivity index (χ2v) is 6.60. The predicted molar refractivity (Wildman–Crippen MR) is 104 cm³/mol. The van der Waals surface area contributed by atoms with E-state index in [1.165, 1.54) is 18.2 Å². The van der Waals surface area contributed by atoms with E-state index in [-0.39, 0.29) is 23.3 Å². The molecule has 3 aromatic rings. The van der Waals surface area contributed by atoms with Gasteiger partial charge in [-0.05, 0) is 32.4 Å². The van der Waals surface area contributed by atoms with Crippen LogP contribution < -0.4 is 11.1 Å². The summed E-state index contributed by atoms with van der Waals surface area (Å²) in [5.74, 6) is 1.17. The lowest BCUT2D eigenvalue weighted by Gasteiger charge is -2.17. The van der Waals surface area contributed by atoms with Gasteiger partial charge in [-0.3, -0.25) is 5.10 Å². The first-order valence-electron chi connectivity index (χ1n) is 9.23. The Balaban J connectivity index is 2.12. The maximum Gasteiger partial charge on any atom is 0.417 e. The standard InChI is InChI=1S/C19H22F3N7/c1-3-12(8-9-23)15-10-16(27-18-24-11(2)28-29-18)26-17(25-15)13-6-4-5-7-14(13)19(20,21)22/h4-7,10,12H,3,8-9,23H2,1-2H3,(H2,24,25,26,27,28,29). The molecule has 0 bridgehead atoms. The number of aromatic nitrogens is 5. The van der Waals surface area contributed by atoms with Gasteiger partial charge in [-0.25, -0.2) is 9.97 Å². The van der Waals surface area contributed by atoms with Gasteiger partial charge in [-0.1, -0.05) is 25.1 Å². The van der Waals surface area contributed by atoms with Gasteiger partial charge >= 0.3 is 6.18 Å². The smallest absolute Gasteiger partial charge is 0.330 e. The Bertz CT molecular complexity index is 968. The van der Waals surface area contributed by atoms with Gasteiger partial charge in [-0.2, -0.15) is 18.2 Å². The highest BCUT2D eigenvalue weighted by atomic mass is 19.4. The topological polar surface area (TPSA) is 105 Å². The van der Waals surface area contributed by atoms with E-state index in [1.807, 2.05) is 6.92 Å². The average Bonchev–Trinajstić information content (AvgIpc) is 3.09. The second kappa shape index (κ2) is 8.56. The number of hydrogen-bond acceptors (Lipinski definition) is 6. The number of nitrogens with one attached hydrogen (secondary N) is 2. The van der Waals surface area contributed by atoms with Crippen LogP contribution in [0.15, 0.2) is 30.3 Å². The van der Waals surface area contributed by atoms with Gasteiger partial charge in [0, 0.05) is 23.2 Å². The van der Waals surface area contributed by atoms with Crippen LogP contribution in [0, 0.1) is 6.92 Å². The van der Waals surface area contributed by atoms with Gasteiger partial charge < -0.3 is 11.1 Å². The normalized spacial score (nSPS) is 12.8. The van der Waals surface area contributed by atoms with E-state index in [2.05, 4.69) is 30.5 Å². The maximum atomic E-state index is 13.5. The van der Waals surface area contributed by atoms with Crippen molar-refractivity contribution >= 4 is 11.8 Å². The molecule has 0 radical (unpaired) electrons. The fourth-order valence-electron chi connectivity index (χ4n) is 3.06. The fraction of sp³-hybridized carbons (Fsp3) is 0.368. The molecule has 0 spiro atoms. The highest BCUT2D eigenvalue weighted by molar-refractivity contribution is 5.64. The number of anilines is 2. The number of aromatic amines is 1. The van der Waals surface area contributed by atoms with Crippen molar-refractivity contribution in [2.75, 3.05) is 11.9 Å². The van der Waals surface area contributed by atoms with Crippen LogP contribution in [-0.4, -0.2) is 31.7 Å². The molecule has 1 atom stereocenters. The molecule has 29 heavy (non-hydrogen) atoms. The van der Waals surface area contributed by atoms with E-state index in [1.54, 1.807) is 13.0 Å². The molecule has 0 fully saturated rings. The summed E-state index contributed by atoms with van der Waals surface area (Å²) in [5, 5.41) is 9.63. The Kier molecular flexibility index (Phi) is 6.12. The van der Waals surface area contributed by atoms with Crippen LogP contribution in [0.5, 0.6) is 0 Å². The van der Waals surface area contributed by atoms with Crippen molar-refractivity contribution < 1.29 is 13.2 Å². The van der Waals surface area contributed by atoms with Crippen molar-refractivity contribution in [2.45, 2.75) is 38.8 Å². The van der Waals surface area contributed by atoms with Crippen LogP contribution >= 0.6 is 0 Å². The molecule has 1 aromatic carbocycles. The Hall–Kier alpha value is -3.01. The van der Waals surface area contributed by atoms with Crippen LogP contribution in [0.2, 0.25) is 0 Å². The number of rotatable bonds is 7. The first-order valence-corrected chi connectivity index (χ1v) is 9.23. The van der Waals surface area contributed by atoms with Gasteiger partial charge in [-0.15, -0.1) is 5.10 Å². The number of aryl methyl sites for hydroxylation is 1.